The first-order valence-corrected chi connectivity index (χ1v) is 8.76. The third-order valence-corrected chi connectivity index (χ3v) is 4.69. The van der Waals surface area contributed by atoms with Crippen LogP contribution in [-0.4, -0.2) is 15.0 Å². The molecule has 4 N–H and O–H groups in total. The van der Waals surface area contributed by atoms with E-state index in [0.29, 0.717) is 27.7 Å². The number of ether oxygens (including phenoxy) is 1. The first-order valence-electron chi connectivity index (χ1n) is 7.95. The van der Waals surface area contributed by atoms with Crippen LogP contribution >= 0.6 is 11.3 Å². The van der Waals surface area contributed by atoms with Crippen LogP contribution in [0.2, 0.25) is 0 Å². The summed E-state index contributed by atoms with van der Waals surface area (Å²) in [4.78, 5) is 12.3. The van der Waals surface area contributed by atoms with Crippen LogP contribution in [0.5, 0.6) is 11.6 Å². The molecule has 0 aliphatic carbocycles. The molecular formula is C18H12F3N5OS. The number of para-hydroxylation sites is 1. The molecule has 4 aromatic rings. The second-order valence-electron chi connectivity index (χ2n) is 5.78. The van der Waals surface area contributed by atoms with E-state index in [1.807, 2.05) is 6.07 Å². The van der Waals surface area contributed by atoms with Crippen molar-refractivity contribution in [3.63, 3.8) is 0 Å². The van der Waals surface area contributed by atoms with Crippen molar-refractivity contribution in [2.75, 3.05) is 11.5 Å². The van der Waals surface area contributed by atoms with Gasteiger partial charge in [0, 0.05) is 11.6 Å². The number of alkyl halides is 3. The van der Waals surface area contributed by atoms with Crippen molar-refractivity contribution < 1.29 is 17.9 Å². The van der Waals surface area contributed by atoms with Crippen LogP contribution in [0, 0.1) is 0 Å². The summed E-state index contributed by atoms with van der Waals surface area (Å²) < 4.78 is 44.9. The van der Waals surface area contributed by atoms with Crippen LogP contribution < -0.4 is 16.2 Å². The van der Waals surface area contributed by atoms with Gasteiger partial charge in [0.1, 0.15) is 5.52 Å². The number of hydrogen-bond acceptors (Lipinski definition) is 7. The van der Waals surface area contributed by atoms with Gasteiger partial charge in [0.2, 0.25) is 11.8 Å². The molecule has 0 spiro atoms. The smallest absolute Gasteiger partial charge is 0.416 e. The van der Waals surface area contributed by atoms with Gasteiger partial charge in [-0.1, -0.05) is 29.5 Å². The van der Waals surface area contributed by atoms with Gasteiger partial charge in [-0.25, -0.2) is 9.97 Å². The number of halogens is 3. The molecule has 0 amide bonds. The van der Waals surface area contributed by atoms with Crippen LogP contribution in [0.25, 0.3) is 21.5 Å². The van der Waals surface area contributed by atoms with E-state index in [9.17, 15) is 13.2 Å². The summed E-state index contributed by atoms with van der Waals surface area (Å²) in [5.74, 6) is 0.501. The molecule has 0 bridgehead atoms. The fraction of sp³-hybridized carbons (Fsp3) is 0.0556. The van der Waals surface area contributed by atoms with Crippen molar-refractivity contribution in [2.24, 2.45) is 0 Å². The minimum absolute atomic E-state index is 0.0719. The van der Waals surface area contributed by atoms with Gasteiger partial charge in [-0.15, -0.1) is 0 Å². The molecule has 2 aromatic carbocycles. The molecule has 0 saturated carbocycles. The van der Waals surface area contributed by atoms with Gasteiger partial charge in [0.15, 0.2) is 10.9 Å². The van der Waals surface area contributed by atoms with Crippen molar-refractivity contribution >= 4 is 32.6 Å². The lowest BCUT2D eigenvalue weighted by Crippen LogP contribution is -2.04. The predicted octanol–water partition coefficient (Wildman–Crippen LogP) is 4.73. The van der Waals surface area contributed by atoms with Crippen molar-refractivity contribution in [1.82, 2.24) is 15.0 Å². The molecule has 142 valence electrons. The Bertz CT molecular complexity index is 1160. The van der Waals surface area contributed by atoms with E-state index in [-0.39, 0.29) is 11.8 Å². The Labute approximate surface area is 160 Å². The predicted molar refractivity (Wildman–Crippen MR) is 101 cm³/mol. The van der Waals surface area contributed by atoms with Gasteiger partial charge in [0.05, 0.1) is 16.0 Å². The van der Waals surface area contributed by atoms with Crippen molar-refractivity contribution in [1.29, 1.82) is 0 Å². The molecule has 0 fully saturated rings. The van der Waals surface area contributed by atoms with Gasteiger partial charge in [-0.05, 0) is 24.3 Å². The fourth-order valence-electron chi connectivity index (χ4n) is 2.61. The van der Waals surface area contributed by atoms with Crippen LogP contribution in [0.4, 0.5) is 24.3 Å². The van der Waals surface area contributed by atoms with E-state index in [1.54, 1.807) is 12.1 Å². The summed E-state index contributed by atoms with van der Waals surface area (Å²) in [6, 6.07) is 11.4. The Morgan fingerprint density at radius 3 is 2.39 bits per heavy atom. The average Bonchev–Trinajstić information content (AvgIpc) is 3.02. The monoisotopic (exact) mass is 403 g/mol. The molecule has 0 atom stereocenters. The van der Waals surface area contributed by atoms with E-state index in [0.717, 1.165) is 16.8 Å². The lowest BCUT2D eigenvalue weighted by atomic mass is 10.1. The van der Waals surface area contributed by atoms with Crippen LogP contribution in [0.1, 0.15) is 5.56 Å². The number of nitrogens with two attached hydrogens (primary N) is 2. The second-order valence-corrected chi connectivity index (χ2v) is 6.84. The number of fused-ring (bicyclic) bond motifs is 1. The summed E-state index contributed by atoms with van der Waals surface area (Å²) in [5, 5.41) is 0.402. The first kappa shape index (κ1) is 18.0. The normalized spacial score (nSPS) is 11.7. The van der Waals surface area contributed by atoms with Gasteiger partial charge >= 0.3 is 6.18 Å². The number of anilines is 2. The molecule has 4 rings (SSSR count). The molecule has 2 aromatic heterocycles. The average molecular weight is 403 g/mol. The SMILES string of the molecule is Nc1nc(Oc2cccc3sc(N)nc23)cc(-c2ccc(C(F)(F)F)cc2)n1. The van der Waals surface area contributed by atoms with Gasteiger partial charge in [-0.2, -0.15) is 18.2 Å². The Balaban J connectivity index is 1.69. The summed E-state index contributed by atoms with van der Waals surface area (Å²) in [6.45, 7) is 0. The van der Waals surface area contributed by atoms with Crippen LogP contribution in [0.3, 0.4) is 0 Å². The summed E-state index contributed by atoms with van der Waals surface area (Å²) in [6.07, 6.45) is -4.41. The molecule has 0 radical (unpaired) electrons. The second kappa shape index (κ2) is 6.64. The zero-order valence-electron chi connectivity index (χ0n) is 14.1. The number of aromatic nitrogens is 3. The van der Waals surface area contributed by atoms with Gasteiger partial charge < -0.3 is 16.2 Å². The fourth-order valence-corrected chi connectivity index (χ4v) is 3.36. The molecule has 6 nitrogen and oxygen atoms in total. The lowest BCUT2D eigenvalue weighted by molar-refractivity contribution is -0.137. The Kier molecular flexibility index (Phi) is 4.27. The summed E-state index contributed by atoms with van der Waals surface area (Å²) >= 11 is 1.32. The molecule has 0 saturated heterocycles. The zero-order valence-corrected chi connectivity index (χ0v) is 14.9. The van der Waals surface area contributed by atoms with E-state index in [2.05, 4.69) is 15.0 Å². The van der Waals surface area contributed by atoms with Crippen LogP contribution in [-0.2, 0) is 6.18 Å². The third kappa shape index (κ3) is 3.54. The number of hydrogen-bond donors (Lipinski definition) is 2. The van der Waals surface area contributed by atoms with E-state index in [1.165, 1.54) is 29.5 Å². The standard InChI is InChI=1S/C18H12F3N5OS/c19-18(20,21)10-6-4-9(5-7-10)11-8-14(25-16(22)24-11)27-12-2-1-3-13-15(12)26-17(23)28-13/h1-8H,(H2,23,26)(H2,22,24,25). The van der Waals surface area contributed by atoms with Gasteiger partial charge in [-0.3, -0.25) is 0 Å². The highest BCUT2D eigenvalue weighted by Crippen LogP contribution is 2.35. The van der Waals surface area contributed by atoms with Crippen molar-refractivity contribution in [3.05, 3.63) is 54.1 Å². The zero-order chi connectivity index (χ0) is 19.9. The summed E-state index contributed by atoms with van der Waals surface area (Å²) in [5.41, 5.74) is 12.1. The number of benzene rings is 2. The highest BCUT2D eigenvalue weighted by Gasteiger charge is 2.30. The molecule has 0 aliphatic heterocycles. The maximum atomic E-state index is 12.7. The largest absolute Gasteiger partial charge is 0.437 e. The molecule has 10 heteroatoms. The number of nitrogens with zero attached hydrogens (tertiary/aromatic N) is 3. The molecule has 0 unspecified atom stereocenters. The first-order chi connectivity index (χ1) is 13.3. The summed E-state index contributed by atoms with van der Waals surface area (Å²) in [7, 11) is 0. The van der Waals surface area contributed by atoms with E-state index < -0.39 is 11.7 Å². The molecule has 2 heterocycles. The maximum absolute atomic E-state index is 12.7. The third-order valence-electron chi connectivity index (χ3n) is 3.84. The van der Waals surface area contributed by atoms with E-state index in [4.69, 9.17) is 16.2 Å². The minimum Gasteiger partial charge on any atom is -0.437 e. The number of nitrogen functional groups attached to an aromatic ring is 2. The highest BCUT2D eigenvalue weighted by molar-refractivity contribution is 7.22. The maximum Gasteiger partial charge on any atom is 0.416 e. The van der Waals surface area contributed by atoms with Crippen molar-refractivity contribution in [3.8, 4) is 22.9 Å². The molecule has 28 heavy (non-hydrogen) atoms. The topological polar surface area (TPSA) is 99.9 Å². The Morgan fingerprint density at radius 1 is 0.929 bits per heavy atom. The molecule has 0 aliphatic rings. The van der Waals surface area contributed by atoms with Crippen molar-refractivity contribution in [2.45, 2.75) is 6.18 Å². The Morgan fingerprint density at radius 2 is 1.68 bits per heavy atom. The quantitative estimate of drug-likeness (QED) is 0.513. The van der Waals surface area contributed by atoms with Gasteiger partial charge in [0.25, 0.3) is 0 Å². The van der Waals surface area contributed by atoms with Crippen LogP contribution in [0.15, 0.2) is 48.5 Å². The number of rotatable bonds is 3. The lowest BCUT2D eigenvalue weighted by Gasteiger charge is -2.10. The minimum atomic E-state index is -4.41. The van der Waals surface area contributed by atoms with E-state index >= 15 is 0 Å². The number of thiazole rings is 1. The molecular weight excluding hydrogens is 391 g/mol. The Hall–Kier alpha value is -3.40. The highest BCUT2D eigenvalue weighted by atomic mass is 32.1.